The molecule has 8 nitrogen and oxygen atoms in total. The van der Waals surface area contributed by atoms with Gasteiger partial charge in [0.15, 0.2) is 0 Å². The maximum Gasteiger partial charge on any atom is 0.311 e. The molecular formula is C15H20N2O6S. The van der Waals surface area contributed by atoms with Crippen LogP contribution in [0, 0.1) is 5.41 Å². The van der Waals surface area contributed by atoms with E-state index >= 15 is 0 Å². The molecule has 1 fully saturated rings. The van der Waals surface area contributed by atoms with Gasteiger partial charge in [0, 0.05) is 18.7 Å². The van der Waals surface area contributed by atoms with Crippen LogP contribution in [0.4, 0.5) is 0 Å². The van der Waals surface area contributed by atoms with E-state index in [1.54, 1.807) is 6.92 Å². The van der Waals surface area contributed by atoms with Crippen molar-refractivity contribution < 1.29 is 27.9 Å². The lowest BCUT2D eigenvalue weighted by atomic mass is 9.90. The minimum Gasteiger partial charge on any atom is -0.495 e. The van der Waals surface area contributed by atoms with Gasteiger partial charge in [-0.2, -0.15) is 0 Å². The first-order valence-electron chi connectivity index (χ1n) is 7.29. The van der Waals surface area contributed by atoms with E-state index < -0.39 is 27.3 Å². The van der Waals surface area contributed by atoms with Crippen LogP contribution < -0.4 is 9.46 Å². The fourth-order valence-electron chi connectivity index (χ4n) is 2.62. The number of nitrogens with one attached hydrogen (secondary N) is 1. The zero-order valence-electron chi connectivity index (χ0n) is 13.7. The molecule has 0 aromatic heterocycles. The Kier molecular flexibility index (Phi) is 4.86. The first-order valence-corrected chi connectivity index (χ1v) is 8.77. The highest BCUT2D eigenvalue weighted by Crippen LogP contribution is 2.32. The van der Waals surface area contributed by atoms with Crippen LogP contribution in [0.3, 0.4) is 0 Å². The quantitative estimate of drug-likeness (QED) is 0.796. The Morgan fingerprint density at radius 2 is 2.04 bits per heavy atom. The van der Waals surface area contributed by atoms with Crippen LogP contribution in [-0.2, 0) is 14.8 Å². The standard InChI is InChI=1S/C15H20N2O6S/c1-15(14(19)20)6-7-17(9-15)13(18)10-4-5-11(23-3)12(8-10)24(21,22)16-2/h4-5,8,16H,6-7,9H2,1-3H3,(H,19,20)/t15-/m1/s1. The molecule has 132 valence electrons. The molecular weight excluding hydrogens is 336 g/mol. The summed E-state index contributed by atoms with van der Waals surface area (Å²) >= 11 is 0. The van der Waals surface area contributed by atoms with Crippen molar-refractivity contribution in [2.45, 2.75) is 18.2 Å². The molecule has 2 rings (SSSR count). The van der Waals surface area contributed by atoms with E-state index in [-0.39, 0.29) is 22.8 Å². The highest BCUT2D eigenvalue weighted by molar-refractivity contribution is 7.89. The Morgan fingerprint density at radius 1 is 1.38 bits per heavy atom. The SMILES string of the molecule is CNS(=O)(=O)c1cc(C(=O)N2CC[C@@](C)(C(=O)O)C2)ccc1OC. The Hall–Kier alpha value is -2.13. The summed E-state index contributed by atoms with van der Waals surface area (Å²) in [5.74, 6) is -1.24. The van der Waals surface area contributed by atoms with Gasteiger partial charge in [0.25, 0.3) is 5.91 Å². The Bertz CT molecular complexity index is 776. The van der Waals surface area contributed by atoms with Crippen LogP contribution in [0.5, 0.6) is 5.75 Å². The van der Waals surface area contributed by atoms with Crippen LogP contribution in [0.2, 0.25) is 0 Å². The highest BCUT2D eigenvalue weighted by atomic mass is 32.2. The zero-order chi connectivity index (χ0) is 18.1. The van der Waals surface area contributed by atoms with E-state index in [4.69, 9.17) is 4.74 Å². The number of carboxylic acid groups (broad SMARTS) is 1. The van der Waals surface area contributed by atoms with Gasteiger partial charge in [0.2, 0.25) is 10.0 Å². The Labute approximate surface area is 140 Å². The van der Waals surface area contributed by atoms with Crippen molar-refractivity contribution >= 4 is 21.9 Å². The van der Waals surface area contributed by atoms with Crippen LogP contribution in [0.1, 0.15) is 23.7 Å². The second-order valence-electron chi connectivity index (χ2n) is 5.92. The number of carboxylic acids is 1. The first-order chi connectivity index (χ1) is 11.1. The van der Waals surface area contributed by atoms with Gasteiger partial charge in [-0.25, -0.2) is 13.1 Å². The number of nitrogens with zero attached hydrogens (tertiary/aromatic N) is 1. The van der Waals surface area contributed by atoms with Gasteiger partial charge in [-0.3, -0.25) is 9.59 Å². The predicted molar refractivity (Wildman–Crippen MR) is 85.5 cm³/mol. The number of amides is 1. The third-order valence-corrected chi connectivity index (χ3v) is 5.68. The number of likely N-dealkylation sites (tertiary alicyclic amines) is 1. The summed E-state index contributed by atoms with van der Waals surface area (Å²) in [6.07, 6.45) is 0.353. The van der Waals surface area contributed by atoms with E-state index in [1.165, 1.54) is 37.3 Å². The number of ether oxygens (including phenoxy) is 1. The summed E-state index contributed by atoms with van der Waals surface area (Å²) in [6, 6.07) is 4.11. The molecule has 2 N–H and O–H groups in total. The lowest BCUT2D eigenvalue weighted by Gasteiger charge is -2.20. The van der Waals surface area contributed by atoms with Crippen molar-refractivity contribution in [3.05, 3.63) is 23.8 Å². The molecule has 9 heteroatoms. The molecule has 24 heavy (non-hydrogen) atoms. The molecule has 0 radical (unpaired) electrons. The maximum absolute atomic E-state index is 12.6. The number of hydrogen-bond acceptors (Lipinski definition) is 5. The van der Waals surface area contributed by atoms with Crippen molar-refractivity contribution in [3.8, 4) is 5.75 Å². The summed E-state index contributed by atoms with van der Waals surface area (Å²) in [7, 11) is -1.19. The largest absolute Gasteiger partial charge is 0.495 e. The molecule has 1 aromatic rings. The monoisotopic (exact) mass is 356 g/mol. The molecule has 1 aromatic carbocycles. The number of carbonyl (C=O) groups excluding carboxylic acids is 1. The molecule has 0 aliphatic carbocycles. The van der Waals surface area contributed by atoms with Gasteiger partial charge < -0.3 is 14.7 Å². The summed E-state index contributed by atoms with van der Waals surface area (Å²) in [5, 5.41) is 9.25. The predicted octanol–water partition coefficient (Wildman–Crippen LogP) is 0.540. The number of carbonyl (C=O) groups is 2. The van der Waals surface area contributed by atoms with Gasteiger partial charge >= 0.3 is 5.97 Å². The normalized spacial score (nSPS) is 20.9. The maximum atomic E-state index is 12.6. The first kappa shape index (κ1) is 18.2. The number of methoxy groups -OCH3 is 1. The Morgan fingerprint density at radius 3 is 2.54 bits per heavy atom. The number of aliphatic carboxylic acids is 1. The summed E-state index contributed by atoms with van der Waals surface area (Å²) in [6.45, 7) is 1.98. The van der Waals surface area contributed by atoms with Crippen molar-refractivity contribution in [2.75, 3.05) is 27.2 Å². The van der Waals surface area contributed by atoms with Gasteiger partial charge in [-0.15, -0.1) is 0 Å². The van der Waals surface area contributed by atoms with E-state index in [9.17, 15) is 23.1 Å². The fraction of sp³-hybridized carbons (Fsp3) is 0.467. The molecule has 1 amide bonds. The van der Waals surface area contributed by atoms with Crippen molar-refractivity contribution in [3.63, 3.8) is 0 Å². The van der Waals surface area contributed by atoms with Crippen molar-refractivity contribution in [1.29, 1.82) is 0 Å². The van der Waals surface area contributed by atoms with Crippen LogP contribution in [0.15, 0.2) is 23.1 Å². The fourth-order valence-corrected chi connectivity index (χ4v) is 3.54. The molecule has 0 unspecified atom stereocenters. The number of hydrogen-bond donors (Lipinski definition) is 2. The average molecular weight is 356 g/mol. The third-order valence-electron chi connectivity index (χ3n) is 4.25. The van der Waals surface area contributed by atoms with E-state index in [1.807, 2.05) is 0 Å². The summed E-state index contributed by atoms with van der Waals surface area (Å²) in [4.78, 5) is 25.2. The molecule has 0 saturated carbocycles. The van der Waals surface area contributed by atoms with E-state index in [0.717, 1.165) is 0 Å². The van der Waals surface area contributed by atoms with Crippen LogP contribution in [-0.4, -0.2) is 57.5 Å². The third kappa shape index (κ3) is 3.22. The summed E-state index contributed by atoms with van der Waals surface area (Å²) in [5.41, 5.74) is -0.818. The van der Waals surface area contributed by atoms with Crippen molar-refractivity contribution in [1.82, 2.24) is 9.62 Å². The van der Waals surface area contributed by atoms with Gasteiger partial charge in [-0.1, -0.05) is 0 Å². The van der Waals surface area contributed by atoms with Gasteiger partial charge in [0.1, 0.15) is 10.6 Å². The molecule has 0 spiro atoms. The lowest BCUT2D eigenvalue weighted by molar-refractivity contribution is -0.147. The number of rotatable bonds is 5. The second kappa shape index (κ2) is 6.40. The van der Waals surface area contributed by atoms with Gasteiger partial charge in [0.05, 0.1) is 12.5 Å². The lowest BCUT2D eigenvalue weighted by Crippen LogP contribution is -2.35. The van der Waals surface area contributed by atoms with Crippen LogP contribution >= 0.6 is 0 Å². The van der Waals surface area contributed by atoms with Crippen molar-refractivity contribution in [2.24, 2.45) is 5.41 Å². The number of benzene rings is 1. The topological polar surface area (TPSA) is 113 Å². The van der Waals surface area contributed by atoms with E-state index in [0.29, 0.717) is 13.0 Å². The molecule has 0 bridgehead atoms. The second-order valence-corrected chi connectivity index (χ2v) is 7.77. The average Bonchev–Trinajstić information content (AvgIpc) is 2.97. The molecule has 1 heterocycles. The zero-order valence-corrected chi connectivity index (χ0v) is 14.5. The van der Waals surface area contributed by atoms with Gasteiger partial charge in [-0.05, 0) is 38.6 Å². The smallest absolute Gasteiger partial charge is 0.311 e. The molecule has 1 saturated heterocycles. The highest BCUT2D eigenvalue weighted by Gasteiger charge is 2.42. The summed E-state index contributed by atoms with van der Waals surface area (Å²) < 4.78 is 31.4. The molecule has 1 aliphatic rings. The molecule has 1 aliphatic heterocycles. The minimum atomic E-state index is -3.80. The van der Waals surface area contributed by atoms with Crippen LogP contribution in [0.25, 0.3) is 0 Å². The molecule has 1 atom stereocenters. The number of sulfonamides is 1. The minimum absolute atomic E-state index is 0.0846. The Balaban J connectivity index is 2.35. The van der Waals surface area contributed by atoms with E-state index in [2.05, 4.69) is 4.72 Å².